The van der Waals surface area contributed by atoms with E-state index < -0.39 is 5.91 Å². The second-order valence-corrected chi connectivity index (χ2v) is 5.45. The Morgan fingerprint density at radius 1 is 1.31 bits per heavy atom. The second-order valence-electron chi connectivity index (χ2n) is 4.11. The van der Waals surface area contributed by atoms with E-state index in [9.17, 15) is 4.79 Å². The third-order valence-corrected chi connectivity index (χ3v) is 4.34. The maximum Gasteiger partial charge on any atom is 0.250 e. The highest BCUT2D eigenvalue weighted by Gasteiger charge is 2.18. The molecule has 1 aliphatic rings. The molecule has 4 N–H and O–H groups in total. The zero-order chi connectivity index (χ0) is 11.5. The Morgan fingerprint density at radius 2 is 2.00 bits per heavy atom. The third kappa shape index (κ3) is 2.32. The number of hydrogen-bond acceptors (Lipinski definition) is 3. The largest absolute Gasteiger partial charge is 0.397 e. The fourth-order valence-electron chi connectivity index (χ4n) is 2.05. The highest BCUT2D eigenvalue weighted by atomic mass is 32.2. The number of para-hydroxylation sites is 1. The minimum absolute atomic E-state index is 0.433. The van der Waals surface area contributed by atoms with Crippen LogP contribution in [0.5, 0.6) is 0 Å². The van der Waals surface area contributed by atoms with Crippen LogP contribution >= 0.6 is 11.8 Å². The van der Waals surface area contributed by atoms with Crippen LogP contribution in [0.2, 0.25) is 0 Å². The van der Waals surface area contributed by atoms with Crippen LogP contribution in [-0.4, -0.2) is 11.2 Å². The number of anilines is 1. The number of benzene rings is 1. The summed E-state index contributed by atoms with van der Waals surface area (Å²) in [4.78, 5) is 12.1. The number of carbonyl (C=O) groups excluding carboxylic acids is 1. The number of hydrogen-bond donors (Lipinski definition) is 2. The molecule has 1 aromatic carbocycles. The highest BCUT2D eigenvalue weighted by molar-refractivity contribution is 8.00. The molecule has 0 aromatic heterocycles. The fraction of sp³-hybridized carbons (Fsp3) is 0.417. The molecular weight excluding hydrogens is 220 g/mol. The number of nitrogen functional groups attached to an aromatic ring is 1. The van der Waals surface area contributed by atoms with Gasteiger partial charge in [0.25, 0.3) is 5.91 Å². The third-order valence-electron chi connectivity index (χ3n) is 2.93. The topological polar surface area (TPSA) is 69.1 Å². The smallest absolute Gasteiger partial charge is 0.250 e. The lowest BCUT2D eigenvalue weighted by molar-refractivity contribution is 0.100. The number of nitrogens with two attached hydrogens (primary N) is 2. The van der Waals surface area contributed by atoms with E-state index in [4.69, 9.17) is 11.5 Å². The first-order chi connectivity index (χ1) is 7.68. The SMILES string of the molecule is NC(=O)c1cccc(SC2CCCC2)c1N. The Kier molecular flexibility index (Phi) is 3.39. The number of amides is 1. The lowest BCUT2D eigenvalue weighted by Gasteiger charge is -2.12. The van der Waals surface area contributed by atoms with Gasteiger partial charge in [0, 0.05) is 10.1 Å². The fourth-order valence-corrected chi connectivity index (χ4v) is 3.37. The Morgan fingerprint density at radius 3 is 2.62 bits per heavy atom. The highest BCUT2D eigenvalue weighted by Crippen LogP contribution is 2.38. The van der Waals surface area contributed by atoms with Crippen molar-refractivity contribution < 1.29 is 4.79 Å². The van der Waals surface area contributed by atoms with Gasteiger partial charge in [0.1, 0.15) is 0 Å². The van der Waals surface area contributed by atoms with Crippen molar-refractivity contribution in [1.82, 2.24) is 0 Å². The van der Waals surface area contributed by atoms with Crippen molar-refractivity contribution in [2.24, 2.45) is 5.73 Å². The Labute approximate surface area is 99.6 Å². The molecule has 86 valence electrons. The van der Waals surface area contributed by atoms with E-state index in [1.54, 1.807) is 17.8 Å². The van der Waals surface area contributed by atoms with Crippen LogP contribution in [0.4, 0.5) is 5.69 Å². The van der Waals surface area contributed by atoms with Gasteiger partial charge in [-0.25, -0.2) is 0 Å². The van der Waals surface area contributed by atoms with E-state index in [1.807, 2.05) is 12.1 Å². The van der Waals surface area contributed by atoms with Crippen molar-refractivity contribution >= 4 is 23.4 Å². The molecule has 0 saturated heterocycles. The van der Waals surface area contributed by atoms with Gasteiger partial charge in [0.2, 0.25) is 0 Å². The lowest BCUT2D eigenvalue weighted by atomic mass is 10.2. The van der Waals surface area contributed by atoms with E-state index >= 15 is 0 Å². The minimum Gasteiger partial charge on any atom is -0.397 e. The van der Waals surface area contributed by atoms with Gasteiger partial charge in [-0.05, 0) is 25.0 Å². The molecule has 4 heteroatoms. The van der Waals surface area contributed by atoms with Crippen LogP contribution in [0.15, 0.2) is 23.1 Å². The maximum atomic E-state index is 11.1. The van der Waals surface area contributed by atoms with Gasteiger partial charge < -0.3 is 11.5 Å². The van der Waals surface area contributed by atoms with E-state index in [0.29, 0.717) is 16.5 Å². The molecule has 0 spiro atoms. The van der Waals surface area contributed by atoms with Gasteiger partial charge in [-0.3, -0.25) is 4.79 Å². The molecule has 1 fully saturated rings. The predicted molar refractivity (Wildman–Crippen MR) is 67.5 cm³/mol. The van der Waals surface area contributed by atoms with Crippen molar-refractivity contribution in [3.8, 4) is 0 Å². The number of rotatable bonds is 3. The van der Waals surface area contributed by atoms with Gasteiger partial charge in [0.05, 0.1) is 11.3 Å². The van der Waals surface area contributed by atoms with E-state index in [0.717, 1.165) is 4.90 Å². The first-order valence-corrected chi connectivity index (χ1v) is 6.41. The molecule has 0 aliphatic heterocycles. The van der Waals surface area contributed by atoms with Crippen LogP contribution in [0.25, 0.3) is 0 Å². The number of carbonyl (C=O) groups is 1. The molecule has 1 saturated carbocycles. The molecule has 3 nitrogen and oxygen atoms in total. The average molecular weight is 236 g/mol. The van der Waals surface area contributed by atoms with E-state index in [-0.39, 0.29) is 0 Å². The first-order valence-electron chi connectivity index (χ1n) is 5.53. The summed E-state index contributed by atoms with van der Waals surface area (Å²) in [6.07, 6.45) is 5.08. The summed E-state index contributed by atoms with van der Waals surface area (Å²) in [7, 11) is 0. The van der Waals surface area contributed by atoms with Gasteiger partial charge in [0.15, 0.2) is 0 Å². The van der Waals surface area contributed by atoms with Crippen LogP contribution in [-0.2, 0) is 0 Å². The van der Waals surface area contributed by atoms with Crippen molar-refractivity contribution in [2.75, 3.05) is 5.73 Å². The predicted octanol–water partition coefficient (Wildman–Crippen LogP) is 2.40. The van der Waals surface area contributed by atoms with Crippen molar-refractivity contribution in [1.29, 1.82) is 0 Å². The normalized spacial score (nSPS) is 16.5. The Bertz CT molecular complexity index is 400. The summed E-state index contributed by atoms with van der Waals surface area (Å²) < 4.78 is 0. The Hall–Kier alpha value is -1.16. The minimum atomic E-state index is -0.452. The molecule has 0 radical (unpaired) electrons. The van der Waals surface area contributed by atoms with Gasteiger partial charge >= 0.3 is 0 Å². The van der Waals surface area contributed by atoms with Crippen molar-refractivity contribution in [3.05, 3.63) is 23.8 Å². The monoisotopic (exact) mass is 236 g/mol. The standard InChI is InChI=1S/C12H16N2OS/c13-11-9(12(14)15)6-3-7-10(11)16-8-4-1-2-5-8/h3,6-8H,1-2,4-5,13H2,(H2,14,15). The second kappa shape index (κ2) is 4.78. The van der Waals surface area contributed by atoms with Gasteiger partial charge in [-0.15, -0.1) is 11.8 Å². The molecule has 1 amide bonds. The molecule has 0 heterocycles. The molecule has 0 atom stereocenters. The average Bonchev–Trinajstić information content (AvgIpc) is 2.73. The summed E-state index contributed by atoms with van der Waals surface area (Å²) in [5.41, 5.74) is 12.2. The maximum absolute atomic E-state index is 11.1. The van der Waals surface area contributed by atoms with Crippen LogP contribution in [0, 0.1) is 0 Å². The summed E-state index contributed by atoms with van der Waals surface area (Å²) in [5, 5.41) is 0.644. The number of thioether (sulfide) groups is 1. The molecular formula is C12H16N2OS. The molecule has 0 bridgehead atoms. The summed E-state index contributed by atoms with van der Waals surface area (Å²) in [6, 6.07) is 5.48. The lowest BCUT2D eigenvalue weighted by Crippen LogP contribution is -2.14. The van der Waals surface area contributed by atoms with Crippen molar-refractivity contribution in [3.63, 3.8) is 0 Å². The van der Waals surface area contributed by atoms with Crippen LogP contribution in [0.3, 0.4) is 0 Å². The molecule has 1 aliphatic carbocycles. The zero-order valence-electron chi connectivity index (χ0n) is 9.11. The molecule has 16 heavy (non-hydrogen) atoms. The van der Waals surface area contributed by atoms with Gasteiger partial charge in [-0.2, -0.15) is 0 Å². The molecule has 0 unspecified atom stereocenters. The zero-order valence-corrected chi connectivity index (χ0v) is 9.93. The Balaban J connectivity index is 2.20. The summed E-state index contributed by atoms with van der Waals surface area (Å²) >= 11 is 1.78. The van der Waals surface area contributed by atoms with E-state index in [2.05, 4.69) is 0 Å². The molecule has 2 rings (SSSR count). The first kappa shape index (κ1) is 11.3. The number of primary amides is 1. The summed E-state index contributed by atoms with van der Waals surface area (Å²) in [6.45, 7) is 0. The summed E-state index contributed by atoms with van der Waals surface area (Å²) in [5.74, 6) is -0.452. The molecule has 1 aromatic rings. The van der Waals surface area contributed by atoms with Crippen LogP contribution in [0.1, 0.15) is 36.0 Å². The quantitative estimate of drug-likeness (QED) is 0.792. The van der Waals surface area contributed by atoms with Gasteiger partial charge in [-0.1, -0.05) is 18.9 Å². The van der Waals surface area contributed by atoms with Crippen LogP contribution < -0.4 is 11.5 Å². The van der Waals surface area contributed by atoms with Crippen molar-refractivity contribution in [2.45, 2.75) is 35.8 Å². The van der Waals surface area contributed by atoms with E-state index in [1.165, 1.54) is 25.7 Å².